The second-order valence-corrected chi connectivity index (χ2v) is 8.53. The van der Waals surface area contributed by atoms with Crippen LogP contribution in [0.15, 0.2) is 59.6 Å². The summed E-state index contributed by atoms with van der Waals surface area (Å²) in [6, 6.07) is 16.4. The fourth-order valence-corrected chi connectivity index (χ4v) is 3.10. The summed E-state index contributed by atoms with van der Waals surface area (Å²) in [6.45, 7) is 1.64. The Balaban J connectivity index is 1.89. The molecule has 0 saturated heterocycles. The summed E-state index contributed by atoms with van der Waals surface area (Å²) in [5.41, 5.74) is 2.13. The van der Waals surface area contributed by atoms with Gasteiger partial charge in [-0.25, -0.2) is 18.1 Å². The fraction of sp³-hybridized carbons (Fsp3) is 0.350. The van der Waals surface area contributed by atoms with E-state index in [1.165, 1.54) is 17.7 Å². The zero-order valence-corrected chi connectivity index (χ0v) is 17.7. The molecule has 0 spiro atoms. The van der Waals surface area contributed by atoms with Gasteiger partial charge in [-0.2, -0.15) is 0 Å². The number of aliphatic imine (C=N–C) groups is 1. The Bertz CT molecular complexity index is 931. The van der Waals surface area contributed by atoms with Crippen molar-refractivity contribution in [3.8, 4) is 0 Å². The summed E-state index contributed by atoms with van der Waals surface area (Å²) >= 11 is 0. The Labute approximate surface area is 176 Å². The number of benzene rings is 2. The molecule has 0 fully saturated rings. The highest BCUT2D eigenvalue weighted by Crippen LogP contribution is 2.12. The normalized spacial score (nSPS) is 11.8. The van der Waals surface area contributed by atoms with Crippen molar-refractivity contribution >= 4 is 21.7 Å². The third-order valence-corrected chi connectivity index (χ3v) is 4.85. The largest absolute Gasteiger partial charge is 0.356 e. The van der Waals surface area contributed by atoms with E-state index in [2.05, 4.69) is 32.5 Å². The van der Waals surface area contributed by atoms with E-state index in [1.54, 1.807) is 12.1 Å². The predicted octanol–water partition coefficient (Wildman–Crippen LogP) is 1.81. The number of nitrogens with zero attached hydrogens (tertiary/aromatic N) is 2. The number of sulfonamides is 1. The van der Waals surface area contributed by atoms with Crippen molar-refractivity contribution in [2.45, 2.75) is 19.4 Å². The van der Waals surface area contributed by atoms with Gasteiger partial charge >= 0.3 is 0 Å². The second-order valence-electron chi connectivity index (χ2n) is 6.70. The Morgan fingerprint density at radius 2 is 1.63 bits per heavy atom. The van der Waals surface area contributed by atoms with Gasteiger partial charge in [-0.15, -0.1) is 0 Å². The minimum atomic E-state index is -3.25. The van der Waals surface area contributed by atoms with Crippen molar-refractivity contribution < 1.29 is 13.3 Å². The highest BCUT2D eigenvalue weighted by atomic mass is 32.2. The standard InChI is InChI=1S/C20H27N5O4S/c1-30(28,29)24-15-14-22-20(21-13-5-8-17-6-3-2-4-7-17)23-16-18-9-11-19(12-10-18)25(26)27/h2-4,6-7,9-12,24H,5,8,13-16H2,1H3,(H2,21,22,23). The molecule has 162 valence electrons. The zero-order valence-electron chi connectivity index (χ0n) is 16.9. The molecule has 0 saturated carbocycles. The van der Waals surface area contributed by atoms with Gasteiger partial charge < -0.3 is 10.6 Å². The zero-order chi connectivity index (χ0) is 21.8. The smallest absolute Gasteiger partial charge is 0.269 e. The van der Waals surface area contributed by atoms with Crippen LogP contribution in [0.4, 0.5) is 5.69 Å². The molecule has 2 rings (SSSR count). The van der Waals surface area contributed by atoms with Crippen LogP contribution in [-0.2, 0) is 23.0 Å². The molecule has 30 heavy (non-hydrogen) atoms. The summed E-state index contributed by atoms with van der Waals surface area (Å²) < 4.78 is 24.8. The fourth-order valence-electron chi connectivity index (χ4n) is 2.63. The van der Waals surface area contributed by atoms with Gasteiger partial charge in [0.1, 0.15) is 0 Å². The molecule has 9 nitrogen and oxygen atoms in total. The van der Waals surface area contributed by atoms with Gasteiger partial charge in [-0.05, 0) is 24.0 Å². The average molecular weight is 434 g/mol. The summed E-state index contributed by atoms with van der Waals surface area (Å²) in [4.78, 5) is 14.8. The maximum absolute atomic E-state index is 11.2. The molecular formula is C20H27N5O4S. The van der Waals surface area contributed by atoms with Crippen molar-refractivity contribution in [3.63, 3.8) is 0 Å². The molecule has 10 heteroatoms. The molecule has 0 atom stereocenters. The lowest BCUT2D eigenvalue weighted by atomic mass is 10.1. The van der Waals surface area contributed by atoms with Crippen LogP contribution in [0.25, 0.3) is 0 Å². The molecule has 0 aliphatic heterocycles. The number of non-ortho nitro benzene ring substituents is 1. The van der Waals surface area contributed by atoms with E-state index in [4.69, 9.17) is 0 Å². The lowest BCUT2D eigenvalue weighted by Gasteiger charge is -2.13. The minimum absolute atomic E-state index is 0.0342. The maximum Gasteiger partial charge on any atom is 0.269 e. The maximum atomic E-state index is 11.2. The summed E-state index contributed by atoms with van der Waals surface area (Å²) in [5, 5.41) is 17.1. The highest BCUT2D eigenvalue weighted by Gasteiger charge is 2.05. The Morgan fingerprint density at radius 1 is 0.967 bits per heavy atom. The number of hydrogen-bond acceptors (Lipinski definition) is 5. The lowest BCUT2D eigenvalue weighted by molar-refractivity contribution is -0.384. The van der Waals surface area contributed by atoms with Crippen LogP contribution in [0.5, 0.6) is 0 Å². The first-order valence-electron chi connectivity index (χ1n) is 9.57. The number of guanidine groups is 1. The molecule has 0 aliphatic carbocycles. The predicted molar refractivity (Wildman–Crippen MR) is 118 cm³/mol. The summed E-state index contributed by atoms with van der Waals surface area (Å²) in [5.74, 6) is 0.553. The van der Waals surface area contributed by atoms with Gasteiger partial charge in [-0.1, -0.05) is 42.5 Å². The first-order chi connectivity index (χ1) is 14.3. The molecule has 3 N–H and O–H groups in total. The molecule has 2 aromatic carbocycles. The average Bonchev–Trinajstić information content (AvgIpc) is 2.72. The van der Waals surface area contributed by atoms with Gasteiger partial charge in [0, 0.05) is 31.8 Å². The van der Waals surface area contributed by atoms with Crippen LogP contribution >= 0.6 is 0 Å². The number of aryl methyl sites for hydroxylation is 1. The molecule has 0 bridgehead atoms. The van der Waals surface area contributed by atoms with Crippen LogP contribution in [0.2, 0.25) is 0 Å². The molecule has 0 unspecified atom stereocenters. The number of hydrogen-bond donors (Lipinski definition) is 3. The SMILES string of the molecule is CS(=O)(=O)NCCNC(=NCc1ccc([N+](=O)[O-])cc1)NCCCc1ccccc1. The Kier molecular flexibility index (Phi) is 9.23. The van der Waals surface area contributed by atoms with Gasteiger partial charge in [0.05, 0.1) is 17.7 Å². The molecule has 0 aliphatic rings. The first-order valence-corrected chi connectivity index (χ1v) is 11.5. The summed E-state index contributed by atoms with van der Waals surface area (Å²) in [6.07, 6.45) is 2.95. The van der Waals surface area contributed by atoms with Gasteiger partial charge in [0.25, 0.3) is 5.69 Å². The number of nitrogens with one attached hydrogen (secondary N) is 3. The number of nitro benzene ring substituents is 1. The van der Waals surface area contributed by atoms with E-state index in [9.17, 15) is 18.5 Å². The summed E-state index contributed by atoms with van der Waals surface area (Å²) in [7, 11) is -3.25. The van der Waals surface area contributed by atoms with E-state index < -0.39 is 14.9 Å². The van der Waals surface area contributed by atoms with Gasteiger partial charge in [0.15, 0.2) is 5.96 Å². The van der Waals surface area contributed by atoms with Gasteiger partial charge in [0.2, 0.25) is 10.0 Å². The molecule has 0 radical (unpaired) electrons. The van der Waals surface area contributed by atoms with Crippen LogP contribution in [-0.4, -0.2) is 45.2 Å². The van der Waals surface area contributed by atoms with E-state index in [-0.39, 0.29) is 12.2 Å². The topological polar surface area (TPSA) is 126 Å². The van der Waals surface area contributed by atoms with E-state index in [0.29, 0.717) is 25.6 Å². The van der Waals surface area contributed by atoms with E-state index in [0.717, 1.165) is 24.7 Å². The van der Waals surface area contributed by atoms with Crippen molar-refractivity contribution in [2.75, 3.05) is 25.9 Å². The second kappa shape index (κ2) is 11.9. The van der Waals surface area contributed by atoms with Crippen LogP contribution in [0.3, 0.4) is 0 Å². The van der Waals surface area contributed by atoms with E-state index >= 15 is 0 Å². The molecule has 2 aromatic rings. The third-order valence-electron chi connectivity index (χ3n) is 4.13. The van der Waals surface area contributed by atoms with Crippen molar-refractivity contribution in [1.82, 2.24) is 15.4 Å². The minimum Gasteiger partial charge on any atom is -0.356 e. The van der Waals surface area contributed by atoms with Gasteiger partial charge in [-0.3, -0.25) is 10.1 Å². The quantitative estimate of drug-likeness (QED) is 0.163. The van der Waals surface area contributed by atoms with Crippen LogP contribution in [0.1, 0.15) is 17.5 Å². The highest BCUT2D eigenvalue weighted by molar-refractivity contribution is 7.88. The Morgan fingerprint density at radius 3 is 2.27 bits per heavy atom. The Hall–Kier alpha value is -2.98. The van der Waals surface area contributed by atoms with Crippen LogP contribution < -0.4 is 15.4 Å². The van der Waals surface area contributed by atoms with E-state index in [1.807, 2.05) is 18.2 Å². The molecular weight excluding hydrogens is 406 g/mol. The van der Waals surface area contributed by atoms with Crippen molar-refractivity contribution in [3.05, 3.63) is 75.8 Å². The van der Waals surface area contributed by atoms with Crippen LogP contribution in [0, 0.1) is 10.1 Å². The first kappa shape index (κ1) is 23.3. The number of nitro groups is 1. The number of rotatable bonds is 11. The third kappa shape index (κ3) is 9.48. The van der Waals surface area contributed by atoms with Crippen molar-refractivity contribution in [1.29, 1.82) is 0 Å². The molecule has 0 heterocycles. The lowest BCUT2D eigenvalue weighted by Crippen LogP contribution is -2.41. The monoisotopic (exact) mass is 433 g/mol. The molecule has 0 aromatic heterocycles. The van der Waals surface area contributed by atoms with Crippen molar-refractivity contribution in [2.24, 2.45) is 4.99 Å². The molecule has 0 amide bonds.